The number of carbonyl (C=O) groups excluding carboxylic acids is 1. The van der Waals surface area contributed by atoms with Gasteiger partial charge in [0, 0.05) is 27.8 Å². The number of nitrogens with one attached hydrogen (secondary N) is 1. The maximum atomic E-state index is 12.5. The van der Waals surface area contributed by atoms with E-state index in [0.29, 0.717) is 28.5 Å². The minimum atomic E-state index is -2.28. The summed E-state index contributed by atoms with van der Waals surface area (Å²) in [7, 11) is -2.28. The summed E-state index contributed by atoms with van der Waals surface area (Å²) in [6, 6.07) is 11.4. The molecule has 148 valence electrons. The molecule has 10 heteroatoms. The second-order valence-electron chi connectivity index (χ2n) is 6.56. The van der Waals surface area contributed by atoms with Gasteiger partial charge in [0.25, 0.3) is 5.91 Å². The molecule has 0 radical (unpaired) electrons. The van der Waals surface area contributed by atoms with Crippen molar-refractivity contribution >= 4 is 21.3 Å². The topological polar surface area (TPSA) is 126 Å². The summed E-state index contributed by atoms with van der Waals surface area (Å²) >= 11 is 0. The van der Waals surface area contributed by atoms with Crippen LogP contribution >= 0.6 is 0 Å². The van der Waals surface area contributed by atoms with Gasteiger partial charge in [0.15, 0.2) is 11.6 Å². The Bertz CT molecular complexity index is 1190. The van der Waals surface area contributed by atoms with Gasteiger partial charge in [0.2, 0.25) is 0 Å². The SMILES string of the molecule is C[C@H](NC(=O)c1cccc(C#N)c1)c1ncnn1-c1ccc(N=S(C)(C)=O)cn1. The highest BCUT2D eigenvalue weighted by Gasteiger charge is 2.18. The summed E-state index contributed by atoms with van der Waals surface area (Å²) in [4.78, 5) is 21.0. The van der Waals surface area contributed by atoms with E-state index in [2.05, 4.69) is 24.7 Å². The molecule has 2 heterocycles. The number of hydrogen-bond donors (Lipinski definition) is 1. The Labute approximate surface area is 168 Å². The van der Waals surface area contributed by atoms with Gasteiger partial charge in [-0.05, 0) is 37.3 Å². The highest BCUT2D eigenvalue weighted by atomic mass is 32.2. The van der Waals surface area contributed by atoms with Crippen molar-refractivity contribution in [1.29, 1.82) is 5.26 Å². The molecule has 1 atom stereocenters. The predicted octanol–water partition coefficient (Wildman–Crippen LogP) is 2.38. The molecule has 1 N–H and O–H groups in total. The Morgan fingerprint density at radius 2 is 2.07 bits per heavy atom. The van der Waals surface area contributed by atoms with Gasteiger partial charge in [-0.25, -0.2) is 14.2 Å². The molecule has 0 aliphatic carbocycles. The number of aromatic nitrogens is 4. The van der Waals surface area contributed by atoms with E-state index in [-0.39, 0.29) is 5.91 Å². The van der Waals surface area contributed by atoms with Crippen LogP contribution in [0.5, 0.6) is 0 Å². The molecule has 1 aromatic carbocycles. The molecule has 0 bridgehead atoms. The van der Waals surface area contributed by atoms with E-state index < -0.39 is 15.8 Å². The summed E-state index contributed by atoms with van der Waals surface area (Å²) < 4.78 is 17.4. The number of carbonyl (C=O) groups is 1. The van der Waals surface area contributed by atoms with Gasteiger partial charge in [0.1, 0.15) is 6.33 Å². The van der Waals surface area contributed by atoms with Gasteiger partial charge >= 0.3 is 0 Å². The summed E-state index contributed by atoms with van der Waals surface area (Å²) in [5, 5.41) is 16.0. The van der Waals surface area contributed by atoms with Crippen LogP contribution in [0.3, 0.4) is 0 Å². The van der Waals surface area contributed by atoms with Gasteiger partial charge in [-0.1, -0.05) is 6.07 Å². The fourth-order valence-electron chi connectivity index (χ4n) is 2.61. The van der Waals surface area contributed by atoms with Crippen molar-refractivity contribution in [3.63, 3.8) is 0 Å². The first-order chi connectivity index (χ1) is 13.8. The maximum absolute atomic E-state index is 12.5. The van der Waals surface area contributed by atoms with Gasteiger partial charge < -0.3 is 5.32 Å². The molecule has 0 saturated carbocycles. The highest BCUT2D eigenvalue weighted by Crippen LogP contribution is 2.18. The third-order valence-electron chi connectivity index (χ3n) is 3.84. The molecule has 29 heavy (non-hydrogen) atoms. The lowest BCUT2D eigenvalue weighted by Gasteiger charge is -2.14. The van der Waals surface area contributed by atoms with Crippen molar-refractivity contribution < 1.29 is 9.00 Å². The minimum absolute atomic E-state index is 0.327. The minimum Gasteiger partial charge on any atom is -0.342 e. The van der Waals surface area contributed by atoms with Gasteiger partial charge in [-0.15, -0.1) is 0 Å². The normalized spacial score (nSPS) is 12.1. The Morgan fingerprint density at radius 1 is 1.28 bits per heavy atom. The molecule has 3 aromatic rings. The van der Waals surface area contributed by atoms with E-state index in [1.165, 1.54) is 23.3 Å². The Morgan fingerprint density at radius 3 is 2.72 bits per heavy atom. The number of nitrogens with zero attached hydrogens (tertiary/aromatic N) is 6. The van der Waals surface area contributed by atoms with Crippen molar-refractivity contribution in [2.24, 2.45) is 4.36 Å². The average molecular weight is 409 g/mol. The fraction of sp³-hybridized carbons (Fsp3) is 0.211. The molecule has 0 unspecified atom stereocenters. The Hall–Kier alpha value is -3.58. The quantitative estimate of drug-likeness (QED) is 0.689. The number of benzene rings is 1. The largest absolute Gasteiger partial charge is 0.342 e. The predicted molar refractivity (Wildman–Crippen MR) is 108 cm³/mol. The average Bonchev–Trinajstić information content (AvgIpc) is 3.17. The van der Waals surface area contributed by atoms with Crippen LogP contribution in [-0.4, -0.2) is 42.4 Å². The smallest absolute Gasteiger partial charge is 0.251 e. The standard InChI is InChI=1S/C19H19N7O2S/c1-13(24-19(27)15-6-4-5-14(9-15)10-20)18-22-12-23-26(18)17-8-7-16(11-21-17)25-29(2,3)28/h4-9,11-13H,1-3H3,(H,24,27)/t13-/m0/s1. The van der Waals surface area contributed by atoms with Crippen LogP contribution in [0.2, 0.25) is 0 Å². The zero-order chi connectivity index (χ0) is 21.0. The maximum Gasteiger partial charge on any atom is 0.251 e. The molecule has 9 nitrogen and oxygen atoms in total. The first-order valence-electron chi connectivity index (χ1n) is 8.61. The summed E-state index contributed by atoms with van der Waals surface area (Å²) in [6.07, 6.45) is 5.98. The van der Waals surface area contributed by atoms with Crippen molar-refractivity contribution in [3.8, 4) is 11.9 Å². The van der Waals surface area contributed by atoms with E-state index in [1.807, 2.05) is 6.07 Å². The molecule has 1 amide bonds. The summed E-state index contributed by atoms with van der Waals surface area (Å²) in [5.41, 5.74) is 1.30. The second kappa shape index (κ2) is 8.20. The van der Waals surface area contributed by atoms with Crippen LogP contribution in [0.15, 0.2) is 53.3 Å². The Balaban J connectivity index is 1.81. The van der Waals surface area contributed by atoms with Gasteiger partial charge in [0.05, 0.1) is 29.6 Å². The number of nitriles is 1. The number of pyridine rings is 1. The molecular formula is C19H19N7O2S. The lowest BCUT2D eigenvalue weighted by molar-refractivity contribution is 0.0938. The van der Waals surface area contributed by atoms with Crippen LogP contribution < -0.4 is 5.32 Å². The fourth-order valence-corrected chi connectivity index (χ4v) is 3.22. The van der Waals surface area contributed by atoms with Crippen LogP contribution in [0, 0.1) is 11.3 Å². The lowest BCUT2D eigenvalue weighted by atomic mass is 10.1. The molecule has 0 aliphatic heterocycles. The van der Waals surface area contributed by atoms with E-state index in [0.717, 1.165) is 0 Å². The monoisotopic (exact) mass is 409 g/mol. The van der Waals surface area contributed by atoms with E-state index >= 15 is 0 Å². The molecule has 0 spiro atoms. The molecule has 3 rings (SSSR count). The highest BCUT2D eigenvalue weighted by molar-refractivity contribution is 7.92. The van der Waals surface area contributed by atoms with Crippen molar-refractivity contribution in [1.82, 2.24) is 25.1 Å². The third-order valence-corrected chi connectivity index (χ3v) is 4.49. The van der Waals surface area contributed by atoms with Gasteiger partial charge in [-0.3, -0.25) is 4.79 Å². The van der Waals surface area contributed by atoms with Crippen molar-refractivity contribution in [2.75, 3.05) is 12.5 Å². The molecule has 0 aliphatic rings. The first kappa shape index (κ1) is 20.2. The molecule has 2 aromatic heterocycles. The number of amides is 1. The molecule has 0 fully saturated rings. The lowest BCUT2D eigenvalue weighted by Crippen LogP contribution is -2.28. The summed E-state index contributed by atoms with van der Waals surface area (Å²) in [5.74, 6) is 0.649. The zero-order valence-electron chi connectivity index (χ0n) is 16.1. The van der Waals surface area contributed by atoms with Crippen LogP contribution in [-0.2, 0) is 9.73 Å². The zero-order valence-corrected chi connectivity index (χ0v) is 16.9. The molecular weight excluding hydrogens is 390 g/mol. The van der Waals surface area contributed by atoms with E-state index in [9.17, 15) is 9.00 Å². The number of hydrogen-bond acceptors (Lipinski definition) is 7. The van der Waals surface area contributed by atoms with Crippen LogP contribution in [0.25, 0.3) is 5.82 Å². The number of rotatable bonds is 5. The first-order valence-corrected chi connectivity index (χ1v) is 10.9. The van der Waals surface area contributed by atoms with Gasteiger partial charge in [-0.2, -0.15) is 19.4 Å². The Kier molecular flexibility index (Phi) is 5.70. The van der Waals surface area contributed by atoms with E-state index in [4.69, 9.17) is 5.26 Å². The van der Waals surface area contributed by atoms with E-state index in [1.54, 1.807) is 49.8 Å². The van der Waals surface area contributed by atoms with Crippen molar-refractivity contribution in [2.45, 2.75) is 13.0 Å². The molecule has 0 saturated heterocycles. The summed E-state index contributed by atoms with van der Waals surface area (Å²) in [6.45, 7) is 1.78. The van der Waals surface area contributed by atoms with Crippen LogP contribution in [0.1, 0.15) is 34.7 Å². The van der Waals surface area contributed by atoms with Crippen LogP contribution in [0.4, 0.5) is 5.69 Å². The van der Waals surface area contributed by atoms with Crippen molar-refractivity contribution in [3.05, 3.63) is 65.9 Å². The second-order valence-corrected chi connectivity index (χ2v) is 9.11. The third kappa shape index (κ3) is 5.03.